The molecule has 2 rings (SSSR count). The molecule has 0 fully saturated rings. The predicted molar refractivity (Wildman–Crippen MR) is 117 cm³/mol. The number of thiazole rings is 1. The first-order valence-corrected chi connectivity index (χ1v) is 9.01. The van der Waals surface area contributed by atoms with E-state index in [-0.39, 0.29) is 24.0 Å². The van der Waals surface area contributed by atoms with Crippen LogP contribution in [-0.4, -0.2) is 38.2 Å². The van der Waals surface area contributed by atoms with Crippen LogP contribution in [0.15, 0.2) is 35.5 Å². The van der Waals surface area contributed by atoms with Crippen LogP contribution >= 0.6 is 35.3 Å². The lowest BCUT2D eigenvalue weighted by Crippen LogP contribution is -2.38. The first-order chi connectivity index (χ1) is 11.7. The zero-order valence-electron chi connectivity index (χ0n) is 15.0. The fourth-order valence-corrected chi connectivity index (χ4v) is 3.10. The molecular weight excluding hydrogens is 447 g/mol. The molecule has 0 bridgehead atoms. The fourth-order valence-electron chi connectivity index (χ4n) is 2.32. The maximum absolute atomic E-state index is 5.17. The van der Waals surface area contributed by atoms with Gasteiger partial charge >= 0.3 is 0 Å². The number of hydrogen-bond acceptors (Lipinski definition) is 4. The number of halogens is 1. The van der Waals surface area contributed by atoms with Crippen molar-refractivity contribution >= 4 is 41.3 Å². The summed E-state index contributed by atoms with van der Waals surface area (Å²) in [4.78, 5) is 9.88. The van der Waals surface area contributed by atoms with E-state index in [1.54, 1.807) is 25.5 Å². The Morgan fingerprint density at radius 2 is 1.88 bits per heavy atom. The van der Waals surface area contributed by atoms with Gasteiger partial charge in [-0.3, -0.25) is 4.99 Å². The number of aliphatic imine (C=N–C) groups is 1. The number of aryl methyl sites for hydroxylation is 2. The van der Waals surface area contributed by atoms with E-state index in [9.17, 15) is 0 Å². The molecule has 0 saturated carbocycles. The topological polar surface area (TPSA) is 58.5 Å². The van der Waals surface area contributed by atoms with Crippen molar-refractivity contribution in [3.63, 3.8) is 0 Å². The van der Waals surface area contributed by atoms with Crippen molar-refractivity contribution < 1.29 is 4.74 Å². The van der Waals surface area contributed by atoms with Crippen molar-refractivity contribution in [2.45, 2.75) is 26.2 Å². The molecule has 1 aromatic carbocycles. The van der Waals surface area contributed by atoms with Gasteiger partial charge in [0.15, 0.2) is 5.96 Å². The highest BCUT2D eigenvalue weighted by atomic mass is 127. The number of methoxy groups -OCH3 is 1. The molecule has 0 aliphatic rings. The van der Waals surface area contributed by atoms with Crippen molar-refractivity contribution in [3.8, 4) is 5.75 Å². The van der Waals surface area contributed by atoms with E-state index < -0.39 is 0 Å². The molecular formula is C18H27IN4OS. The van der Waals surface area contributed by atoms with Gasteiger partial charge in [0.2, 0.25) is 0 Å². The van der Waals surface area contributed by atoms with Gasteiger partial charge < -0.3 is 15.4 Å². The Hall–Kier alpha value is -1.35. The monoisotopic (exact) mass is 474 g/mol. The minimum absolute atomic E-state index is 0. The summed E-state index contributed by atoms with van der Waals surface area (Å²) in [5.74, 6) is 1.75. The number of hydrogen-bond donors (Lipinski definition) is 2. The third kappa shape index (κ3) is 8.04. The summed E-state index contributed by atoms with van der Waals surface area (Å²) < 4.78 is 5.17. The standard InChI is InChI=1S/C18H26N4OS.HI/c1-14-13-22-17(24-14)10-12-21-18(19-2)20-11-4-5-15-6-8-16(23-3)9-7-15;/h6-9,13H,4-5,10-12H2,1-3H3,(H2,19,20,21);1H. The number of aromatic nitrogens is 1. The summed E-state index contributed by atoms with van der Waals surface area (Å²) in [5.41, 5.74) is 1.32. The molecule has 1 aromatic heterocycles. The maximum Gasteiger partial charge on any atom is 0.190 e. The van der Waals surface area contributed by atoms with Gasteiger partial charge in [-0.25, -0.2) is 4.98 Å². The van der Waals surface area contributed by atoms with Gasteiger partial charge in [0.1, 0.15) is 5.75 Å². The SMILES string of the molecule is CN=C(NCCCc1ccc(OC)cc1)NCCc1ncc(C)s1.I. The van der Waals surface area contributed by atoms with Gasteiger partial charge in [0.05, 0.1) is 12.1 Å². The first kappa shape index (κ1) is 21.7. The second kappa shape index (κ2) is 12.1. The number of nitrogens with zero attached hydrogens (tertiary/aromatic N) is 2. The lowest BCUT2D eigenvalue weighted by molar-refractivity contribution is 0.414. The van der Waals surface area contributed by atoms with Crippen molar-refractivity contribution in [2.75, 3.05) is 27.2 Å². The van der Waals surface area contributed by atoms with Crippen LogP contribution in [0.2, 0.25) is 0 Å². The highest BCUT2D eigenvalue weighted by Gasteiger charge is 2.01. The van der Waals surface area contributed by atoms with E-state index in [1.807, 2.05) is 18.3 Å². The first-order valence-electron chi connectivity index (χ1n) is 8.20. The average Bonchev–Trinajstić information content (AvgIpc) is 3.02. The molecule has 1 heterocycles. The number of guanidine groups is 1. The largest absolute Gasteiger partial charge is 0.497 e. The molecule has 25 heavy (non-hydrogen) atoms. The van der Waals surface area contributed by atoms with E-state index >= 15 is 0 Å². The molecule has 2 aromatic rings. The Bertz CT molecular complexity index is 643. The normalized spacial score (nSPS) is 10.9. The number of nitrogens with one attached hydrogen (secondary N) is 2. The predicted octanol–water partition coefficient (Wildman–Crippen LogP) is 3.42. The molecule has 0 aliphatic carbocycles. The molecule has 0 radical (unpaired) electrons. The van der Waals surface area contributed by atoms with Crippen LogP contribution in [0.5, 0.6) is 5.75 Å². The Morgan fingerprint density at radius 3 is 2.48 bits per heavy atom. The zero-order valence-corrected chi connectivity index (χ0v) is 18.2. The summed E-state index contributed by atoms with van der Waals surface area (Å²) in [6.45, 7) is 3.81. The second-order valence-corrected chi connectivity index (χ2v) is 6.81. The van der Waals surface area contributed by atoms with Gasteiger partial charge in [-0.05, 0) is 37.5 Å². The van der Waals surface area contributed by atoms with Crippen LogP contribution in [0, 0.1) is 6.92 Å². The van der Waals surface area contributed by atoms with Crippen LogP contribution in [0.25, 0.3) is 0 Å². The van der Waals surface area contributed by atoms with E-state index in [4.69, 9.17) is 4.74 Å². The molecule has 0 atom stereocenters. The molecule has 2 N–H and O–H groups in total. The Kier molecular flexibility index (Phi) is 10.5. The van der Waals surface area contributed by atoms with Crippen LogP contribution < -0.4 is 15.4 Å². The molecule has 0 unspecified atom stereocenters. The van der Waals surface area contributed by atoms with Gasteiger partial charge in [-0.2, -0.15) is 0 Å². The third-order valence-corrected chi connectivity index (χ3v) is 4.59. The molecule has 0 spiro atoms. The van der Waals surface area contributed by atoms with Crippen molar-refractivity contribution in [1.82, 2.24) is 15.6 Å². The van der Waals surface area contributed by atoms with Crippen molar-refractivity contribution in [1.29, 1.82) is 0 Å². The molecule has 5 nitrogen and oxygen atoms in total. The lowest BCUT2D eigenvalue weighted by Gasteiger charge is -2.11. The van der Waals surface area contributed by atoms with Crippen LogP contribution in [0.4, 0.5) is 0 Å². The summed E-state index contributed by atoms with van der Waals surface area (Å²) >= 11 is 1.75. The minimum Gasteiger partial charge on any atom is -0.497 e. The molecule has 0 saturated heterocycles. The molecule has 0 amide bonds. The van der Waals surface area contributed by atoms with Gasteiger partial charge in [0.25, 0.3) is 0 Å². The van der Waals surface area contributed by atoms with Gasteiger partial charge in [-0.15, -0.1) is 35.3 Å². The van der Waals surface area contributed by atoms with E-state index in [1.165, 1.54) is 10.4 Å². The highest BCUT2D eigenvalue weighted by molar-refractivity contribution is 14.0. The lowest BCUT2D eigenvalue weighted by atomic mass is 10.1. The summed E-state index contributed by atoms with van der Waals surface area (Å²) in [6.07, 6.45) is 4.93. The average molecular weight is 474 g/mol. The Balaban J connectivity index is 0.00000312. The zero-order chi connectivity index (χ0) is 17.2. The Labute approximate surface area is 171 Å². The van der Waals surface area contributed by atoms with Crippen LogP contribution in [0.3, 0.4) is 0 Å². The van der Waals surface area contributed by atoms with E-state index in [0.717, 1.165) is 49.1 Å². The smallest absolute Gasteiger partial charge is 0.190 e. The molecule has 0 aliphatic heterocycles. The molecule has 138 valence electrons. The van der Waals surface area contributed by atoms with Gasteiger partial charge in [-0.1, -0.05) is 12.1 Å². The quantitative estimate of drug-likeness (QED) is 0.267. The van der Waals surface area contributed by atoms with Gasteiger partial charge in [0, 0.05) is 37.6 Å². The number of ether oxygens (including phenoxy) is 1. The highest BCUT2D eigenvalue weighted by Crippen LogP contribution is 2.12. The van der Waals surface area contributed by atoms with E-state index in [0.29, 0.717) is 0 Å². The molecule has 7 heteroatoms. The van der Waals surface area contributed by atoms with Crippen molar-refractivity contribution in [3.05, 3.63) is 45.9 Å². The van der Waals surface area contributed by atoms with Crippen LogP contribution in [0.1, 0.15) is 21.9 Å². The summed E-state index contributed by atoms with van der Waals surface area (Å²) in [7, 11) is 3.49. The summed E-state index contributed by atoms with van der Waals surface area (Å²) in [5, 5.41) is 7.84. The second-order valence-electron chi connectivity index (χ2n) is 5.49. The fraction of sp³-hybridized carbons (Fsp3) is 0.444. The number of benzene rings is 1. The minimum atomic E-state index is 0. The number of rotatable bonds is 8. The van der Waals surface area contributed by atoms with Crippen LogP contribution in [-0.2, 0) is 12.8 Å². The maximum atomic E-state index is 5.17. The Morgan fingerprint density at radius 1 is 1.16 bits per heavy atom. The third-order valence-electron chi connectivity index (χ3n) is 3.62. The van der Waals surface area contributed by atoms with E-state index in [2.05, 4.69) is 39.7 Å². The van der Waals surface area contributed by atoms with Crippen molar-refractivity contribution in [2.24, 2.45) is 4.99 Å². The summed E-state index contributed by atoms with van der Waals surface area (Å²) in [6, 6.07) is 8.23.